The van der Waals surface area contributed by atoms with Crippen LogP contribution in [0, 0.1) is 0 Å². The van der Waals surface area contributed by atoms with Crippen molar-refractivity contribution >= 4 is 11.0 Å². The Labute approximate surface area is 121 Å². The van der Waals surface area contributed by atoms with Crippen molar-refractivity contribution in [2.75, 3.05) is 20.6 Å². The van der Waals surface area contributed by atoms with Gasteiger partial charge in [-0.3, -0.25) is 0 Å². The minimum absolute atomic E-state index is 0.142. The normalized spacial score (nSPS) is 12.5. The third-order valence-corrected chi connectivity index (χ3v) is 4.10. The topological polar surface area (TPSA) is 33.1 Å². The Bertz CT molecular complexity index is 569. The highest BCUT2D eigenvalue weighted by Crippen LogP contribution is 2.16. The highest BCUT2D eigenvalue weighted by atomic mass is 15.2. The molecule has 1 N–H and O–H groups in total. The number of fused-ring (bicyclic) bond motifs is 1. The second kappa shape index (κ2) is 5.94. The van der Waals surface area contributed by atoms with Gasteiger partial charge >= 0.3 is 0 Å². The molecule has 0 saturated heterocycles. The molecule has 0 aliphatic rings. The van der Waals surface area contributed by atoms with Gasteiger partial charge in [-0.2, -0.15) is 0 Å². The van der Waals surface area contributed by atoms with E-state index < -0.39 is 0 Å². The molecule has 0 spiro atoms. The first-order valence-electron chi connectivity index (χ1n) is 7.28. The lowest BCUT2D eigenvalue weighted by Gasteiger charge is -2.32. The van der Waals surface area contributed by atoms with E-state index in [0.717, 1.165) is 31.0 Å². The molecular weight excluding hydrogens is 248 g/mol. The van der Waals surface area contributed by atoms with Crippen LogP contribution in [0.15, 0.2) is 24.3 Å². The molecule has 2 aromatic rings. The number of aryl methyl sites for hydroxylation is 1. The summed E-state index contributed by atoms with van der Waals surface area (Å²) in [7, 11) is 4.23. The SMILES string of the molecule is CCn1c(CNCC(C)(C)N(C)C)nc2ccccc21. The molecule has 0 unspecified atom stereocenters. The Balaban J connectivity index is 2.10. The Hall–Kier alpha value is -1.39. The molecule has 0 fully saturated rings. The van der Waals surface area contributed by atoms with Crippen molar-refractivity contribution in [3.8, 4) is 0 Å². The van der Waals surface area contributed by atoms with Crippen LogP contribution in [0.4, 0.5) is 0 Å². The highest BCUT2D eigenvalue weighted by Gasteiger charge is 2.20. The molecular formula is C16H26N4. The number of nitrogens with one attached hydrogen (secondary N) is 1. The van der Waals surface area contributed by atoms with Gasteiger partial charge in [0, 0.05) is 18.6 Å². The van der Waals surface area contributed by atoms with Crippen molar-refractivity contribution in [1.29, 1.82) is 0 Å². The number of rotatable bonds is 6. The van der Waals surface area contributed by atoms with E-state index in [1.165, 1.54) is 5.52 Å². The first-order valence-corrected chi connectivity index (χ1v) is 7.28. The van der Waals surface area contributed by atoms with Crippen LogP contribution in [0.3, 0.4) is 0 Å². The Kier molecular flexibility index (Phi) is 4.45. The number of aromatic nitrogens is 2. The lowest BCUT2D eigenvalue weighted by Crippen LogP contribution is -2.46. The van der Waals surface area contributed by atoms with Gasteiger partial charge in [0.05, 0.1) is 17.6 Å². The molecule has 0 radical (unpaired) electrons. The molecule has 1 aromatic carbocycles. The fraction of sp³-hybridized carbons (Fsp3) is 0.562. The standard InChI is InChI=1S/C16H26N4/c1-6-20-14-10-8-7-9-13(14)18-15(20)11-17-12-16(2,3)19(4)5/h7-10,17H,6,11-12H2,1-5H3. The smallest absolute Gasteiger partial charge is 0.123 e. The Morgan fingerprint density at radius 2 is 1.95 bits per heavy atom. The van der Waals surface area contributed by atoms with Crippen LogP contribution in [0.1, 0.15) is 26.6 Å². The van der Waals surface area contributed by atoms with E-state index in [1.54, 1.807) is 0 Å². The first kappa shape index (κ1) is 15.0. The van der Waals surface area contributed by atoms with E-state index in [4.69, 9.17) is 4.98 Å². The zero-order valence-corrected chi connectivity index (χ0v) is 13.3. The zero-order chi connectivity index (χ0) is 14.8. The van der Waals surface area contributed by atoms with Crippen molar-refractivity contribution in [2.45, 2.75) is 39.4 Å². The van der Waals surface area contributed by atoms with E-state index in [9.17, 15) is 0 Å². The van der Waals surface area contributed by atoms with Crippen molar-refractivity contribution in [1.82, 2.24) is 19.8 Å². The van der Waals surface area contributed by atoms with Crippen molar-refractivity contribution in [2.24, 2.45) is 0 Å². The van der Waals surface area contributed by atoms with E-state index in [2.05, 4.69) is 67.8 Å². The van der Waals surface area contributed by atoms with Gasteiger partial charge in [-0.1, -0.05) is 12.1 Å². The van der Waals surface area contributed by atoms with E-state index >= 15 is 0 Å². The summed E-state index contributed by atoms with van der Waals surface area (Å²) in [4.78, 5) is 6.97. The maximum Gasteiger partial charge on any atom is 0.123 e. The first-order chi connectivity index (χ1) is 9.45. The second-order valence-electron chi connectivity index (χ2n) is 6.07. The third kappa shape index (κ3) is 3.02. The summed E-state index contributed by atoms with van der Waals surface area (Å²) in [6, 6.07) is 8.33. The van der Waals surface area contributed by atoms with Crippen molar-refractivity contribution < 1.29 is 0 Å². The average Bonchev–Trinajstić information content (AvgIpc) is 2.75. The average molecular weight is 274 g/mol. The molecule has 0 aliphatic heterocycles. The van der Waals surface area contributed by atoms with E-state index in [0.29, 0.717) is 0 Å². The molecule has 0 aliphatic carbocycles. The van der Waals surface area contributed by atoms with Gasteiger partial charge in [-0.05, 0) is 47.0 Å². The van der Waals surface area contributed by atoms with Gasteiger partial charge in [0.2, 0.25) is 0 Å². The lowest BCUT2D eigenvalue weighted by molar-refractivity contribution is 0.189. The number of para-hydroxylation sites is 2. The molecule has 1 aromatic heterocycles. The van der Waals surface area contributed by atoms with Crippen molar-refractivity contribution in [3.05, 3.63) is 30.1 Å². The predicted octanol–water partition coefficient (Wildman–Crippen LogP) is 2.49. The molecule has 1 heterocycles. The van der Waals surface area contributed by atoms with Crippen molar-refractivity contribution in [3.63, 3.8) is 0 Å². The summed E-state index contributed by atoms with van der Waals surface area (Å²) < 4.78 is 2.28. The quantitative estimate of drug-likeness (QED) is 0.878. The molecule has 20 heavy (non-hydrogen) atoms. The summed E-state index contributed by atoms with van der Waals surface area (Å²) in [6.07, 6.45) is 0. The van der Waals surface area contributed by atoms with Crippen LogP contribution >= 0.6 is 0 Å². The number of benzene rings is 1. The highest BCUT2D eigenvalue weighted by molar-refractivity contribution is 5.75. The monoisotopic (exact) mass is 274 g/mol. The van der Waals surface area contributed by atoms with Gasteiger partial charge in [0.25, 0.3) is 0 Å². The van der Waals surface area contributed by atoms with Gasteiger partial charge in [-0.15, -0.1) is 0 Å². The summed E-state index contributed by atoms with van der Waals surface area (Å²) >= 11 is 0. The number of imidazole rings is 1. The maximum absolute atomic E-state index is 4.73. The summed E-state index contributed by atoms with van der Waals surface area (Å²) in [5, 5.41) is 3.53. The van der Waals surface area contributed by atoms with Gasteiger partial charge in [0.15, 0.2) is 0 Å². The molecule has 0 amide bonds. The number of nitrogens with zero attached hydrogens (tertiary/aromatic N) is 3. The van der Waals surface area contributed by atoms with Crippen LogP contribution in [0.25, 0.3) is 11.0 Å². The Morgan fingerprint density at radius 1 is 1.25 bits per heavy atom. The molecule has 2 rings (SSSR count). The van der Waals surface area contributed by atoms with Gasteiger partial charge < -0.3 is 14.8 Å². The van der Waals surface area contributed by atoms with Gasteiger partial charge in [0.1, 0.15) is 5.82 Å². The third-order valence-electron chi connectivity index (χ3n) is 4.10. The molecule has 110 valence electrons. The van der Waals surface area contributed by atoms with E-state index in [1.807, 2.05) is 6.07 Å². The molecule has 4 heteroatoms. The summed E-state index contributed by atoms with van der Waals surface area (Å²) in [5.74, 6) is 1.11. The Morgan fingerprint density at radius 3 is 2.60 bits per heavy atom. The fourth-order valence-electron chi connectivity index (χ4n) is 2.25. The lowest BCUT2D eigenvalue weighted by atomic mass is 10.0. The van der Waals surface area contributed by atoms with Gasteiger partial charge in [-0.25, -0.2) is 4.98 Å². The minimum atomic E-state index is 0.142. The number of hydrogen-bond acceptors (Lipinski definition) is 3. The van der Waals surface area contributed by atoms with Crippen LogP contribution in [0.5, 0.6) is 0 Å². The predicted molar refractivity (Wildman–Crippen MR) is 84.9 cm³/mol. The number of likely N-dealkylation sites (N-methyl/N-ethyl adjacent to an activating group) is 1. The summed E-state index contributed by atoms with van der Waals surface area (Å²) in [5.41, 5.74) is 2.44. The molecule has 0 atom stereocenters. The zero-order valence-electron chi connectivity index (χ0n) is 13.3. The molecule has 4 nitrogen and oxygen atoms in total. The van der Waals surface area contributed by atoms with Crippen LogP contribution in [0.2, 0.25) is 0 Å². The molecule has 0 bridgehead atoms. The largest absolute Gasteiger partial charge is 0.327 e. The maximum atomic E-state index is 4.73. The van der Waals surface area contributed by atoms with Crippen LogP contribution < -0.4 is 5.32 Å². The fourth-order valence-corrected chi connectivity index (χ4v) is 2.25. The summed E-state index contributed by atoms with van der Waals surface area (Å²) in [6.45, 7) is 9.34. The second-order valence-corrected chi connectivity index (χ2v) is 6.07. The minimum Gasteiger partial charge on any atom is -0.327 e. The van der Waals surface area contributed by atoms with Crippen LogP contribution in [-0.2, 0) is 13.1 Å². The van der Waals surface area contributed by atoms with Crippen LogP contribution in [-0.4, -0.2) is 40.6 Å². The number of hydrogen-bond donors (Lipinski definition) is 1. The van der Waals surface area contributed by atoms with E-state index in [-0.39, 0.29) is 5.54 Å². The molecule has 0 saturated carbocycles.